The van der Waals surface area contributed by atoms with Gasteiger partial charge in [-0.2, -0.15) is 0 Å². The maximum atomic E-state index is 6.74. The van der Waals surface area contributed by atoms with Gasteiger partial charge in [0.25, 0.3) is 0 Å². The van der Waals surface area contributed by atoms with Crippen LogP contribution in [-0.4, -0.2) is 19.9 Å². The van der Waals surface area contributed by atoms with E-state index in [9.17, 15) is 0 Å². The molecule has 0 aliphatic rings. The van der Waals surface area contributed by atoms with E-state index in [1.807, 2.05) is 72.8 Å². The van der Waals surface area contributed by atoms with Crippen LogP contribution in [-0.2, 0) is 0 Å². The Morgan fingerprint density at radius 3 is 1.65 bits per heavy atom. The van der Waals surface area contributed by atoms with Crippen LogP contribution < -0.4 is 0 Å². The van der Waals surface area contributed by atoms with Gasteiger partial charge in [-0.15, -0.1) is 0 Å². The molecule has 0 aliphatic heterocycles. The number of aromatic nitrogens is 4. The monoisotopic (exact) mass is 702 g/mol. The Morgan fingerprint density at radius 2 is 0.909 bits per heavy atom. The van der Waals surface area contributed by atoms with Crippen LogP contribution in [0.3, 0.4) is 0 Å². The molecule has 8 aromatic carbocycles. The second-order valence-corrected chi connectivity index (χ2v) is 13.8. The van der Waals surface area contributed by atoms with Gasteiger partial charge in [0.1, 0.15) is 11.3 Å². The molecule has 0 radical (unpaired) electrons. The molecular formula is C50H30N4O. The molecule has 0 aliphatic carbocycles. The third kappa shape index (κ3) is 5.24. The van der Waals surface area contributed by atoms with E-state index < -0.39 is 0 Å². The minimum atomic E-state index is 0.618. The molecular weight excluding hydrogens is 673 g/mol. The summed E-state index contributed by atoms with van der Waals surface area (Å²) in [7, 11) is 0. The molecule has 3 heterocycles. The van der Waals surface area contributed by atoms with Crippen molar-refractivity contribution in [3.63, 3.8) is 0 Å². The summed E-state index contributed by atoms with van der Waals surface area (Å²) in [6.45, 7) is 0. The Bertz CT molecular complexity index is 3210. The van der Waals surface area contributed by atoms with E-state index >= 15 is 0 Å². The molecule has 11 rings (SSSR count). The second-order valence-electron chi connectivity index (χ2n) is 13.8. The van der Waals surface area contributed by atoms with Crippen molar-refractivity contribution in [2.45, 2.75) is 0 Å². The zero-order valence-electron chi connectivity index (χ0n) is 29.5. The Morgan fingerprint density at radius 1 is 0.345 bits per heavy atom. The molecule has 0 spiro atoms. The highest BCUT2D eigenvalue weighted by Crippen LogP contribution is 2.43. The van der Waals surface area contributed by atoms with Gasteiger partial charge in [-0.25, -0.2) is 19.9 Å². The van der Waals surface area contributed by atoms with E-state index in [4.69, 9.17) is 24.4 Å². The zero-order valence-corrected chi connectivity index (χ0v) is 29.5. The quantitative estimate of drug-likeness (QED) is 0.167. The number of rotatable bonds is 5. The lowest BCUT2D eigenvalue weighted by molar-refractivity contribution is 0.669. The minimum absolute atomic E-state index is 0.618. The minimum Gasteiger partial charge on any atom is -0.454 e. The fourth-order valence-electron chi connectivity index (χ4n) is 7.87. The first-order chi connectivity index (χ1) is 27.2. The molecule has 0 saturated heterocycles. The Hall–Kier alpha value is -7.50. The van der Waals surface area contributed by atoms with Crippen LogP contribution in [0.15, 0.2) is 186 Å². The van der Waals surface area contributed by atoms with Crippen LogP contribution >= 0.6 is 0 Å². The van der Waals surface area contributed by atoms with E-state index in [1.54, 1.807) is 0 Å². The predicted octanol–water partition coefficient (Wildman–Crippen LogP) is 13.0. The van der Waals surface area contributed by atoms with Crippen molar-refractivity contribution in [2.75, 3.05) is 0 Å². The first-order valence-electron chi connectivity index (χ1n) is 18.4. The lowest BCUT2D eigenvalue weighted by Crippen LogP contribution is -2.00. The first-order valence-corrected chi connectivity index (χ1v) is 18.4. The van der Waals surface area contributed by atoms with E-state index in [2.05, 4.69) is 109 Å². The predicted molar refractivity (Wildman–Crippen MR) is 225 cm³/mol. The van der Waals surface area contributed by atoms with E-state index in [-0.39, 0.29) is 0 Å². The fourth-order valence-corrected chi connectivity index (χ4v) is 7.87. The van der Waals surface area contributed by atoms with Crippen molar-refractivity contribution in [2.24, 2.45) is 0 Å². The van der Waals surface area contributed by atoms with Gasteiger partial charge in [0.15, 0.2) is 23.1 Å². The van der Waals surface area contributed by atoms with Gasteiger partial charge in [0, 0.05) is 38.4 Å². The molecule has 11 aromatic rings. The van der Waals surface area contributed by atoms with Crippen LogP contribution in [0.1, 0.15) is 0 Å². The summed E-state index contributed by atoms with van der Waals surface area (Å²) >= 11 is 0. The maximum Gasteiger partial charge on any atom is 0.164 e. The van der Waals surface area contributed by atoms with Crippen LogP contribution in [0.2, 0.25) is 0 Å². The van der Waals surface area contributed by atoms with Crippen LogP contribution in [0.5, 0.6) is 0 Å². The zero-order chi connectivity index (χ0) is 36.3. The number of para-hydroxylation sites is 1. The third-order valence-electron chi connectivity index (χ3n) is 10.5. The van der Waals surface area contributed by atoms with Crippen LogP contribution in [0, 0.1) is 0 Å². The molecule has 0 bridgehead atoms. The van der Waals surface area contributed by atoms with Crippen molar-refractivity contribution in [1.29, 1.82) is 0 Å². The highest BCUT2D eigenvalue weighted by atomic mass is 16.3. The van der Waals surface area contributed by atoms with Crippen molar-refractivity contribution < 1.29 is 4.42 Å². The van der Waals surface area contributed by atoms with E-state index in [1.165, 1.54) is 16.2 Å². The Balaban J connectivity index is 1.10. The van der Waals surface area contributed by atoms with Crippen molar-refractivity contribution in [1.82, 2.24) is 19.9 Å². The van der Waals surface area contributed by atoms with Crippen molar-refractivity contribution in [3.05, 3.63) is 182 Å². The number of pyridine rings is 1. The molecule has 0 amide bonds. The summed E-state index contributed by atoms with van der Waals surface area (Å²) < 4.78 is 6.74. The topological polar surface area (TPSA) is 64.7 Å². The number of nitrogens with zero attached hydrogens (tertiary/aromatic N) is 4. The summed E-state index contributed by atoms with van der Waals surface area (Å²) in [5.74, 6) is 1.89. The number of furan rings is 1. The highest BCUT2D eigenvalue weighted by Gasteiger charge is 2.21. The average Bonchev–Trinajstić information content (AvgIpc) is 3.66. The largest absolute Gasteiger partial charge is 0.454 e. The normalized spacial score (nSPS) is 11.6. The molecule has 0 saturated carbocycles. The molecule has 5 heteroatoms. The molecule has 55 heavy (non-hydrogen) atoms. The number of hydrogen-bond acceptors (Lipinski definition) is 5. The van der Waals surface area contributed by atoms with Gasteiger partial charge < -0.3 is 4.42 Å². The molecule has 256 valence electrons. The Kier molecular flexibility index (Phi) is 7.10. The van der Waals surface area contributed by atoms with Crippen molar-refractivity contribution in [3.8, 4) is 56.5 Å². The standard InChI is InChI=1S/C50H30N4O/c1-3-14-31(15-4-1)48-52-49(32-16-5-2-6-17-32)54-50(53-48)36-20-13-19-33(28-36)34-26-27-43-42(29-34)45-40-24-11-12-25-44(40)55-47(45)46(51-43)41-30-35-18-7-8-21-37(35)38-22-9-10-23-39(38)41/h1-30H. The first kappa shape index (κ1) is 31.1. The lowest BCUT2D eigenvalue weighted by Gasteiger charge is -2.13. The van der Waals surface area contributed by atoms with Gasteiger partial charge in [0.2, 0.25) is 0 Å². The van der Waals surface area contributed by atoms with Gasteiger partial charge in [-0.05, 0) is 63.0 Å². The van der Waals surface area contributed by atoms with Crippen molar-refractivity contribution >= 4 is 54.4 Å². The van der Waals surface area contributed by atoms with Gasteiger partial charge in [-0.1, -0.05) is 152 Å². The molecule has 0 unspecified atom stereocenters. The van der Waals surface area contributed by atoms with E-state index in [0.29, 0.717) is 17.5 Å². The van der Waals surface area contributed by atoms with Gasteiger partial charge in [0.05, 0.1) is 5.52 Å². The Labute approximate surface area is 316 Å². The number of benzene rings is 8. The summed E-state index contributed by atoms with van der Waals surface area (Å²) in [5.41, 5.74) is 9.32. The molecule has 0 fully saturated rings. The summed E-state index contributed by atoms with van der Waals surface area (Å²) in [5, 5.41) is 7.89. The third-order valence-corrected chi connectivity index (χ3v) is 10.5. The van der Waals surface area contributed by atoms with Gasteiger partial charge in [-0.3, -0.25) is 0 Å². The second kappa shape index (κ2) is 12.6. The molecule has 3 aromatic heterocycles. The average molecular weight is 703 g/mol. The number of fused-ring (bicyclic) bond motifs is 8. The van der Waals surface area contributed by atoms with Crippen LogP contribution in [0.25, 0.3) is 111 Å². The fraction of sp³-hybridized carbons (Fsp3) is 0. The summed E-state index contributed by atoms with van der Waals surface area (Å²) in [6.07, 6.45) is 0. The molecule has 0 atom stereocenters. The van der Waals surface area contributed by atoms with Crippen LogP contribution in [0.4, 0.5) is 0 Å². The molecule has 0 N–H and O–H groups in total. The molecule has 5 nitrogen and oxygen atoms in total. The number of hydrogen-bond donors (Lipinski definition) is 0. The maximum absolute atomic E-state index is 6.74. The lowest BCUT2D eigenvalue weighted by atomic mass is 9.93. The highest BCUT2D eigenvalue weighted by molar-refractivity contribution is 6.23. The summed E-state index contributed by atoms with van der Waals surface area (Å²) in [6, 6.07) is 62.8. The summed E-state index contributed by atoms with van der Waals surface area (Å²) in [4.78, 5) is 20.2. The SMILES string of the molecule is c1ccc(-c2nc(-c3ccccc3)nc(-c3cccc(-c4ccc5nc(-c6cc7ccccc7c7ccccc67)c6oc7ccccc7c6c5c4)c3)n2)cc1. The smallest absolute Gasteiger partial charge is 0.164 e. The van der Waals surface area contributed by atoms with E-state index in [0.717, 1.165) is 77.3 Å². The van der Waals surface area contributed by atoms with Gasteiger partial charge >= 0.3 is 0 Å².